The number of carbonyl (C=O) groups is 2. The first-order chi connectivity index (χ1) is 10.3. The molecule has 1 amide bonds. The fourth-order valence-electron chi connectivity index (χ4n) is 2.10. The minimum absolute atomic E-state index is 0.106. The molecule has 1 aromatic heterocycles. The Morgan fingerprint density at radius 1 is 1.36 bits per heavy atom. The van der Waals surface area contributed by atoms with E-state index in [0.29, 0.717) is 0 Å². The molecule has 2 heterocycles. The normalized spacial score (nSPS) is 16.6. The highest BCUT2D eigenvalue weighted by molar-refractivity contribution is 8.15. The molecule has 0 unspecified atom stereocenters. The molecule has 0 aromatic carbocycles. The minimum Gasteiger partial charge on any atom is -0.302 e. The highest BCUT2D eigenvalue weighted by Gasteiger charge is 2.32. The van der Waals surface area contributed by atoms with Crippen LogP contribution in [0.1, 0.15) is 20.8 Å². The van der Waals surface area contributed by atoms with Gasteiger partial charge in [0.2, 0.25) is 11.2 Å². The summed E-state index contributed by atoms with van der Waals surface area (Å²) in [5, 5.41) is 8.51. The Morgan fingerprint density at radius 2 is 2.00 bits per heavy atom. The molecule has 1 aromatic rings. The quantitative estimate of drug-likeness (QED) is 0.769. The van der Waals surface area contributed by atoms with Crippen molar-refractivity contribution in [2.24, 2.45) is 0 Å². The second kappa shape index (κ2) is 6.66. The Bertz CT molecular complexity index is 552. The predicted octanol–water partition coefficient (Wildman–Crippen LogP) is -0.158. The standard InChI is InChI=1S/C13H21N5O3S/c1-10(19)22-13(2,3)12(20)14-11-9-18(15-21-11)17-7-5-16(4)6-8-17/h9H,5-8H2,1-4H3/p+1. The molecule has 0 spiro atoms. The van der Waals surface area contributed by atoms with Gasteiger partial charge < -0.3 is 4.90 Å². The number of carbonyl (C=O) groups excluding carboxylic acids is 2. The molecular weight excluding hydrogens is 306 g/mol. The molecular formula is C13H22N5O3S+. The molecule has 0 atom stereocenters. The lowest BCUT2D eigenvalue weighted by atomic mass is 10.2. The van der Waals surface area contributed by atoms with Gasteiger partial charge in [-0.15, -0.1) is 0 Å². The summed E-state index contributed by atoms with van der Waals surface area (Å²) in [5.74, 6) is -0.0319. The van der Waals surface area contributed by atoms with Gasteiger partial charge in [-0.1, -0.05) is 11.8 Å². The van der Waals surface area contributed by atoms with Gasteiger partial charge in [0.1, 0.15) is 0 Å². The molecule has 0 saturated carbocycles. The third-order valence-electron chi connectivity index (χ3n) is 3.41. The first kappa shape index (κ1) is 16.8. The van der Waals surface area contributed by atoms with Crippen LogP contribution in [-0.2, 0) is 9.59 Å². The number of likely N-dealkylation sites (N-methyl/N-ethyl adjacent to an activating group) is 1. The van der Waals surface area contributed by atoms with Gasteiger partial charge >= 0.3 is 5.88 Å². The van der Waals surface area contributed by atoms with Gasteiger partial charge in [-0.2, -0.15) is 5.01 Å². The summed E-state index contributed by atoms with van der Waals surface area (Å²) in [6, 6.07) is 0. The zero-order chi connectivity index (χ0) is 16.3. The molecule has 2 rings (SSSR count). The summed E-state index contributed by atoms with van der Waals surface area (Å²) in [6.07, 6.45) is 1.64. The highest BCUT2D eigenvalue weighted by atomic mass is 32.2. The molecule has 8 nitrogen and oxygen atoms in total. The number of nitrogens with one attached hydrogen (secondary N) is 1. The van der Waals surface area contributed by atoms with Crippen LogP contribution in [0, 0.1) is 0 Å². The molecule has 22 heavy (non-hydrogen) atoms. The van der Waals surface area contributed by atoms with Crippen molar-refractivity contribution in [1.29, 1.82) is 0 Å². The Hall–Kier alpha value is -1.61. The van der Waals surface area contributed by atoms with E-state index in [0.717, 1.165) is 37.9 Å². The lowest BCUT2D eigenvalue weighted by molar-refractivity contribution is -0.759. The number of hydrogen-bond donors (Lipinski definition) is 1. The molecule has 1 aliphatic rings. The first-order valence-corrected chi connectivity index (χ1v) is 7.93. The number of amides is 1. The Morgan fingerprint density at radius 3 is 2.59 bits per heavy atom. The fourth-order valence-corrected chi connectivity index (χ4v) is 2.96. The molecule has 9 heteroatoms. The fraction of sp³-hybridized carbons (Fsp3) is 0.692. The molecule has 1 fully saturated rings. The van der Waals surface area contributed by atoms with Crippen LogP contribution in [0.4, 0.5) is 5.88 Å². The van der Waals surface area contributed by atoms with Crippen LogP contribution in [0.2, 0.25) is 0 Å². The smallest absolute Gasteiger partial charge is 0.302 e. The molecule has 122 valence electrons. The number of piperazine rings is 1. The van der Waals surface area contributed by atoms with E-state index < -0.39 is 4.75 Å². The van der Waals surface area contributed by atoms with Crippen molar-refractivity contribution in [2.75, 3.05) is 43.6 Å². The van der Waals surface area contributed by atoms with Gasteiger partial charge in [0.05, 0.1) is 22.6 Å². The molecule has 0 radical (unpaired) electrons. The Kier molecular flexibility index (Phi) is 5.07. The molecule has 1 saturated heterocycles. The third-order valence-corrected chi connectivity index (χ3v) is 4.39. The maximum atomic E-state index is 12.2. The Labute approximate surface area is 133 Å². The van der Waals surface area contributed by atoms with Crippen molar-refractivity contribution in [1.82, 2.24) is 10.2 Å². The lowest BCUT2D eigenvalue weighted by Crippen LogP contribution is -2.64. The lowest BCUT2D eigenvalue weighted by Gasteiger charge is -2.26. The van der Waals surface area contributed by atoms with Crippen molar-refractivity contribution in [3.63, 3.8) is 0 Å². The van der Waals surface area contributed by atoms with E-state index in [1.807, 2.05) is 5.01 Å². The maximum Gasteiger partial charge on any atom is 0.305 e. The van der Waals surface area contributed by atoms with E-state index in [4.69, 9.17) is 4.52 Å². The van der Waals surface area contributed by atoms with Crippen LogP contribution in [0.15, 0.2) is 10.7 Å². The second-order valence-corrected chi connectivity index (χ2v) is 7.60. The van der Waals surface area contributed by atoms with Crippen molar-refractivity contribution >= 4 is 28.7 Å². The minimum atomic E-state index is -0.864. The van der Waals surface area contributed by atoms with Gasteiger partial charge in [-0.3, -0.25) is 19.4 Å². The Balaban J connectivity index is 1.97. The second-order valence-electron chi connectivity index (χ2n) is 5.80. The molecule has 1 N–H and O–H groups in total. The summed E-state index contributed by atoms with van der Waals surface area (Å²) in [5.41, 5.74) is 0. The monoisotopic (exact) mass is 328 g/mol. The average molecular weight is 328 g/mol. The van der Waals surface area contributed by atoms with Crippen LogP contribution in [0.3, 0.4) is 0 Å². The van der Waals surface area contributed by atoms with Gasteiger partial charge in [-0.05, 0) is 20.9 Å². The number of nitrogens with zero attached hydrogens (tertiary/aromatic N) is 4. The highest BCUT2D eigenvalue weighted by Crippen LogP contribution is 2.26. The largest absolute Gasteiger partial charge is 0.305 e. The van der Waals surface area contributed by atoms with Crippen LogP contribution in [0.25, 0.3) is 0 Å². The first-order valence-electron chi connectivity index (χ1n) is 7.11. The number of thioether (sulfide) groups is 1. The van der Waals surface area contributed by atoms with Gasteiger partial charge in [0.15, 0.2) is 5.12 Å². The zero-order valence-corrected chi connectivity index (χ0v) is 14.1. The molecule has 0 aliphatic carbocycles. The third kappa shape index (κ3) is 4.20. The zero-order valence-electron chi connectivity index (χ0n) is 13.3. The van der Waals surface area contributed by atoms with Crippen molar-refractivity contribution < 1.29 is 18.9 Å². The summed E-state index contributed by atoms with van der Waals surface area (Å²) in [7, 11) is 2.07. The van der Waals surface area contributed by atoms with Crippen LogP contribution < -0.4 is 15.1 Å². The van der Waals surface area contributed by atoms with Crippen LogP contribution in [0.5, 0.6) is 0 Å². The topological polar surface area (TPSA) is 82.6 Å². The van der Waals surface area contributed by atoms with Crippen molar-refractivity contribution in [3.05, 3.63) is 6.20 Å². The van der Waals surface area contributed by atoms with E-state index >= 15 is 0 Å². The van der Waals surface area contributed by atoms with Gasteiger partial charge in [-0.25, -0.2) is 0 Å². The number of rotatable bonds is 4. The summed E-state index contributed by atoms with van der Waals surface area (Å²) >= 11 is 0.983. The van der Waals surface area contributed by atoms with E-state index in [-0.39, 0.29) is 16.9 Å². The van der Waals surface area contributed by atoms with E-state index in [2.05, 4.69) is 22.5 Å². The predicted molar refractivity (Wildman–Crippen MR) is 83.1 cm³/mol. The van der Waals surface area contributed by atoms with Crippen LogP contribution >= 0.6 is 11.8 Å². The SMILES string of the molecule is CC(=O)SC(C)(C)C(=O)Nc1c[n+](N2CCN(C)CC2)no1. The maximum absolute atomic E-state index is 12.2. The van der Waals surface area contributed by atoms with E-state index in [1.54, 1.807) is 24.8 Å². The summed E-state index contributed by atoms with van der Waals surface area (Å²) in [6.45, 7) is 8.40. The average Bonchev–Trinajstić information content (AvgIpc) is 2.86. The van der Waals surface area contributed by atoms with Crippen molar-refractivity contribution in [3.8, 4) is 0 Å². The number of anilines is 1. The van der Waals surface area contributed by atoms with E-state index in [9.17, 15) is 9.59 Å². The number of aromatic nitrogens is 2. The van der Waals surface area contributed by atoms with Crippen molar-refractivity contribution in [2.45, 2.75) is 25.5 Å². The van der Waals surface area contributed by atoms with E-state index in [1.165, 1.54) is 6.92 Å². The molecule has 1 aliphatic heterocycles. The van der Waals surface area contributed by atoms with Gasteiger partial charge in [0, 0.05) is 20.0 Å². The summed E-state index contributed by atoms with van der Waals surface area (Å²) in [4.78, 5) is 27.2. The summed E-state index contributed by atoms with van der Waals surface area (Å²) < 4.78 is 4.28. The van der Waals surface area contributed by atoms with Crippen LogP contribution in [-0.4, -0.2) is 59.2 Å². The van der Waals surface area contributed by atoms with Gasteiger partial charge in [0.25, 0.3) is 6.20 Å². The molecule has 0 bridgehead atoms. The number of hydrogen-bond acceptors (Lipinski definition) is 7.